The second-order valence-electron chi connectivity index (χ2n) is 5.51. The average Bonchev–Trinajstić information content (AvgIpc) is 2.49. The Morgan fingerprint density at radius 3 is 3.05 bits per heavy atom. The molecule has 1 saturated heterocycles. The van der Waals surface area contributed by atoms with Gasteiger partial charge in [0.25, 0.3) is 5.91 Å². The second-order valence-corrected chi connectivity index (χ2v) is 5.51. The predicted molar refractivity (Wildman–Crippen MR) is 82.1 cm³/mol. The molecule has 0 radical (unpaired) electrons. The maximum atomic E-state index is 11.5. The highest BCUT2D eigenvalue weighted by molar-refractivity contribution is 6.06. The van der Waals surface area contributed by atoms with Crippen molar-refractivity contribution < 1.29 is 4.79 Å². The van der Waals surface area contributed by atoms with Crippen LogP contribution in [0.5, 0.6) is 0 Å². The van der Waals surface area contributed by atoms with Gasteiger partial charge >= 0.3 is 0 Å². The van der Waals surface area contributed by atoms with Gasteiger partial charge in [-0.15, -0.1) is 0 Å². The molecule has 0 aliphatic carbocycles. The summed E-state index contributed by atoms with van der Waals surface area (Å²) in [5.74, 6) is 0.845. The van der Waals surface area contributed by atoms with Crippen molar-refractivity contribution in [1.29, 1.82) is 0 Å². The minimum atomic E-state index is -0.474. The van der Waals surface area contributed by atoms with Crippen molar-refractivity contribution in [2.24, 2.45) is 11.7 Å². The fourth-order valence-corrected chi connectivity index (χ4v) is 2.76. The van der Waals surface area contributed by atoms with Gasteiger partial charge in [-0.3, -0.25) is 4.79 Å². The first kappa shape index (κ1) is 13.8. The number of carbonyl (C=O) groups excluding carboxylic acids is 1. The van der Waals surface area contributed by atoms with E-state index in [2.05, 4.69) is 27.5 Å². The van der Waals surface area contributed by atoms with E-state index in [1.54, 1.807) is 12.1 Å². The average molecular weight is 285 g/mol. The van der Waals surface area contributed by atoms with Crippen molar-refractivity contribution in [3.63, 3.8) is 0 Å². The van der Waals surface area contributed by atoms with E-state index in [1.165, 1.54) is 6.33 Å². The first-order valence-corrected chi connectivity index (χ1v) is 7.17. The molecule has 21 heavy (non-hydrogen) atoms. The van der Waals surface area contributed by atoms with Crippen LogP contribution >= 0.6 is 0 Å². The summed E-state index contributed by atoms with van der Waals surface area (Å²) in [6, 6.07) is 5.71. The lowest BCUT2D eigenvalue weighted by atomic mass is 9.94. The summed E-state index contributed by atoms with van der Waals surface area (Å²) in [6.07, 6.45) is 2.60. The van der Waals surface area contributed by atoms with Crippen LogP contribution in [0, 0.1) is 5.92 Å². The Morgan fingerprint density at radius 1 is 1.43 bits per heavy atom. The van der Waals surface area contributed by atoms with Gasteiger partial charge in [0, 0.05) is 18.0 Å². The van der Waals surface area contributed by atoms with Crippen molar-refractivity contribution >= 4 is 22.6 Å². The van der Waals surface area contributed by atoms with E-state index < -0.39 is 5.91 Å². The van der Waals surface area contributed by atoms with E-state index in [0.29, 0.717) is 23.0 Å². The molecule has 0 spiro atoms. The molecule has 2 aromatic rings. The zero-order valence-electron chi connectivity index (χ0n) is 12.0. The third-order valence-electron chi connectivity index (χ3n) is 4.08. The number of piperidine rings is 1. The summed E-state index contributed by atoms with van der Waals surface area (Å²) in [4.78, 5) is 20.0. The van der Waals surface area contributed by atoms with Crippen LogP contribution < -0.4 is 16.4 Å². The van der Waals surface area contributed by atoms with E-state index >= 15 is 0 Å². The Morgan fingerprint density at radius 2 is 2.29 bits per heavy atom. The molecule has 0 unspecified atom stereocenters. The van der Waals surface area contributed by atoms with Gasteiger partial charge in [0.05, 0.1) is 11.1 Å². The van der Waals surface area contributed by atoms with Crippen LogP contribution in [0.4, 0.5) is 5.82 Å². The predicted octanol–water partition coefficient (Wildman–Crippen LogP) is 1.14. The highest BCUT2D eigenvalue weighted by Gasteiger charge is 2.22. The van der Waals surface area contributed by atoms with E-state index in [4.69, 9.17) is 5.73 Å². The molecule has 1 aromatic heterocycles. The number of carbonyl (C=O) groups is 1. The fourth-order valence-electron chi connectivity index (χ4n) is 2.76. The van der Waals surface area contributed by atoms with Crippen molar-refractivity contribution in [2.45, 2.75) is 19.4 Å². The number of hydrogen-bond donors (Lipinski definition) is 3. The molecular formula is C15H19N5O. The van der Waals surface area contributed by atoms with Crippen LogP contribution in [0.1, 0.15) is 23.7 Å². The normalized spacial score (nSPS) is 22.1. The van der Waals surface area contributed by atoms with Gasteiger partial charge in [0.2, 0.25) is 0 Å². The van der Waals surface area contributed by atoms with Gasteiger partial charge in [-0.25, -0.2) is 9.97 Å². The molecule has 1 aliphatic rings. The highest BCUT2D eigenvalue weighted by atomic mass is 16.1. The van der Waals surface area contributed by atoms with Gasteiger partial charge in [-0.2, -0.15) is 0 Å². The van der Waals surface area contributed by atoms with Crippen molar-refractivity contribution in [3.8, 4) is 0 Å². The number of nitrogens with zero attached hydrogens (tertiary/aromatic N) is 2. The Labute approximate surface area is 123 Å². The molecule has 6 heteroatoms. The smallest absolute Gasteiger partial charge is 0.250 e. The van der Waals surface area contributed by atoms with E-state index in [0.717, 1.165) is 30.7 Å². The molecule has 3 rings (SSSR count). The van der Waals surface area contributed by atoms with Gasteiger partial charge in [0.1, 0.15) is 12.1 Å². The molecule has 1 aromatic carbocycles. The minimum absolute atomic E-state index is 0.314. The topological polar surface area (TPSA) is 92.9 Å². The first-order chi connectivity index (χ1) is 10.2. The van der Waals surface area contributed by atoms with Gasteiger partial charge in [-0.05, 0) is 31.0 Å². The van der Waals surface area contributed by atoms with Crippen molar-refractivity contribution in [3.05, 3.63) is 30.1 Å². The SMILES string of the molecule is C[C@@H]1CCNC[C@H]1Nc1ncnc2c(C(N)=O)cccc12. The van der Waals surface area contributed by atoms with Gasteiger partial charge in [-0.1, -0.05) is 13.0 Å². The molecule has 2 atom stereocenters. The Kier molecular flexibility index (Phi) is 3.70. The number of benzene rings is 1. The van der Waals surface area contributed by atoms with Crippen LogP contribution in [-0.4, -0.2) is 35.0 Å². The molecule has 2 heterocycles. The number of para-hydroxylation sites is 1. The van der Waals surface area contributed by atoms with Crippen molar-refractivity contribution in [1.82, 2.24) is 15.3 Å². The Balaban J connectivity index is 1.99. The zero-order valence-corrected chi connectivity index (χ0v) is 12.0. The van der Waals surface area contributed by atoms with Crippen LogP contribution in [0.25, 0.3) is 10.9 Å². The number of aromatic nitrogens is 2. The molecule has 1 aliphatic heterocycles. The summed E-state index contributed by atoms with van der Waals surface area (Å²) in [5, 5.41) is 7.68. The number of nitrogens with two attached hydrogens (primary N) is 1. The van der Waals surface area contributed by atoms with Crippen LogP contribution in [0.2, 0.25) is 0 Å². The van der Waals surface area contributed by atoms with E-state index in [1.807, 2.05) is 6.07 Å². The number of anilines is 1. The highest BCUT2D eigenvalue weighted by Crippen LogP contribution is 2.24. The second kappa shape index (κ2) is 5.65. The molecule has 0 bridgehead atoms. The van der Waals surface area contributed by atoms with Gasteiger partial charge < -0.3 is 16.4 Å². The molecule has 1 amide bonds. The van der Waals surface area contributed by atoms with Crippen LogP contribution in [0.15, 0.2) is 24.5 Å². The van der Waals surface area contributed by atoms with Gasteiger partial charge in [0.15, 0.2) is 0 Å². The number of hydrogen-bond acceptors (Lipinski definition) is 5. The molecule has 0 saturated carbocycles. The summed E-state index contributed by atoms with van der Waals surface area (Å²) in [7, 11) is 0. The lowest BCUT2D eigenvalue weighted by Crippen LogP contribution is -2.44. The Bertz CT molecular complexity index is 672. The number of amides is 1. The molecule has 1 fully saturated rings. The maximum Gasteiger partial charge on any atom is 0.250 e. The van der Waals surface area contributed by atoms with Crippen molar-refractivity contribution in [2.75, 3.05) is 18.4 Å². The summed E-state index contributed by atoms with van der Waals surface area (Å²) < 4.78 is 0. The van der Waals surface area contributed by atoms with Crippen LogP contribution in [-0.2, 0) is 0 Å². The monoisotopic (exact) mass is 285 g/mol. The third-order valence-corrected chi connectivity index (χ3v) is 4.08. The summed E-state index contributed by atoms with van der Waals surface area (Å²) >= 11 is 0. The molecule has 110 valence electrons. The summed E-state index contributed by atoms with van der Waals surface area (Å²) in [5.41, 5.74) is 6.43. The lowest BCUT2D eigenvalue weighted by Gasteiger charge is -2.30. The molecule has 4 N–H and O–H groups in total. The number of nitrogens with one attached hydrogen (secondary N) is 2. The third kappa shape index (κ3) is 2.67. The summed E-state index contributed by atoms with van der Waals surface area (Å²) in [6.45, 7) is 4.19. The first-order valence-electron chi connectivity index (χ1n) is 7.17. The van der Waals surface area contributed by atoms with E-state index in [9.17, 15) is 4.79 Å². The Hall–Kier alpha value is -2.21. The van der Waals surface area contributed by atoms with E-state index in [-0.39, 0.29) is 0 Å². The molecule has 6 nitrogen and oxygen atoms in total. The standard InChI is InChI=1S/C15H19N5O/c1-9-5-6-17-7-12(9)20-15-11-4-2-3-10(14(16)21)13(11)18-8-19-15/h2-4,8-9,12,17H,5-7H2,1H3,(H2,16,21)(H,18,19,20)/t9-,12-/m1/s1. The molecular weight excluding hydrogens is 266 g/mol. The maximum absolute atomic E-state index is 11.5. The quantitative estimate of drug-likeness (QED) is 0.786. The zero-order chi connectivity index (χ0) is 14.8. The largest absolute Gasteiger partial charge is 0.366 e. The number of primary amides is 1. The fraction of sp³-hybridized carbons (Fsp3) is 0.400. The lowest BCUT2D eigenvalue weighted by molar-refractivity contribution is 0.100. The minimum Gasteiger partial charge on any atom is -0.366 e. The number of fused-ring (bicyclic) bond motifs is 1. The van der Waals surface area contributed by atoms with Crippen LogP contribution in [0.3, 0.4) is 0 Å². The number of rotatable bonds is 3.